The van der Waals surface area contributed by atoms with E-state index < -0.39 is 39.8 Å². The molecule has 0 saturated carbocycles. The van der Waals surface area contributed by atoms with Gasteiger partial charge >= 0.3 is 5.97 Å². The molecule has 0 fully saturated rings. The second kappa shape index (κ2) is 12.8. The van der Waals surface area contributed by atoms with Crippen LogP contribution in [-0.2, 0) is 27.8 Å². The molecule has 4 aromatic rings. The standard InChI is InChI=1S/C32H34N6O7S/c1-17(2)29(32(42)43)37-46(44,45)21-7-5-20(6-8-21)16-33-30(40)26-15-27(38-28(35-26)13-14-34-38)31(41)36-25-12-11-23-18(3)22(19(4)39)9-10-24(23)25/h5-10,13-15,17,25,29,37H,11-12,16H2,1-4H3,(H,33,40)(H,36,41)(H,42,43)/t25-,29-/m0/s1. The van der Waals surface area contributed by atoms with Crippen LogP contribution in [-0.4, -0.2) is 57.7 Å². The summed E-state index contributed by atoms with van der Waals surface area (Å²) in [7, 11) is -4.09. The summed E-state index contributed by atoms with van der Waals surface area (Å²) in [5.41, 5.74) is 4.59. The lowest BCUT2D eigenvalue weighted by atomic mass is 9.96. The van der Waals surface area contributed by atoms with Crippen molar-refractivity contribution in [1.82, 2.24) is 30.0 Å². The second-order valence-electron chi connectivity index (χ2n) is 11.6. The van der Waals surface area contributed by atoms with E-state index in [9.17, 15) is 32.7 Å². The molecule has 2 heterocycles. The largest absolute Gasteiger partial charge is 0.480 e. The molecule has 0 unspecified atom stereocenters. The summed E-state index contributed by atoms with van der Waals surface area (Å²) in [6, 6.07) is 10.7. The predicted octanol–water partition coefficient (Wildman–Crippen LogP) is 2.98. The van der Waals surface area contributed by atoms with Gasteiger partial charge < -0.3 is 15.7 Å². The van der Waals surface area contributed by atoms with E-state index in [0.717, 1.165) is 23.1 Å². The Kier molecular flexibility index (Phi) is 9.03. The number of amides is 2. The zero-order chi connectivity index (χ0) is 33.3. The summed E-state index contributed by atoms with van der Waals surface area (Å²) in [5.74, 6) is -2.74. The van der Waals surface area contributed by atoms with Crippen molar-refractivity contribution in [2.45, 2.75) is 64.1 Å². The number of hydrogen-bond donors (Lipinski definition) is 4. The van der Waals surface area contributed by atoms with Crippen molar-refractivity contribution in [2.75, 3.05) is 0 Å². The summed E-state index contributed by atoms with van der Waals surface area (Å²) < 4.78 is 29.0. The van der Waals surface area contributed by atoms with Gasteiger partial charge in [0, 0.05) is 24.2 Å². The molecule has 2 aromatic carbocycles. The smallest absolute Gasteiger partial charge is 0.322 e. The molecule has 0 aliphatic heterocycles. The maximum Gasteiger partial charge on any atom is 0.322 e. The summed E-state index contributed by atoms with van der Waals surface area (Å²) >= 11 is 0. The lowest BCUT2D eigenvalue weighted by Gasteiger charge is -2.18. The van der Waals surface area contributed by atoms with Gasteiger partial charge in [-0.25, -0.2) is 17.9 Å². The van der Waals surface area contributed by atoms with Gasteiger partial charge in [0.25, 0.3) is 11.8 Å². The number of carboxylic acids is 1. The molecule has 1 aliphatic carbocycles. The van der Waals surface area contributed by atoms with E-state index in [1.807, 2.05) is 13.0 Å². The van der Waals surface area contributed by atoms with Crippen LogP contribution in [0.5, 0.6) is 0 Å². The van der Waals surface area contributed by atoms with Crippen molar-refractivity contribution in [3.63, 3.8) is 0 Å². The van der Waals surface area contributed by atoms with Gasteiger partial charge in [-0.3, -0.25) is 19.2 Å². The second-order valence-corrected chi connectivity index (χ2v) is 13.3. The fourth-order valence-electron chi connectivity index (χ4n) is 5.60. The number of hydrogen-bond acceptors (Lipinski definition) is 8. The average molecular weight is 647 g/mol. The zero-order valence-electron chi connectivity index (χ0n) is 25.7. The van der Waals surface area contributed by atoms with Crippen LogP contribution in [0.4, 0.5) is 0 Å². The molecule has 2 atom stereocenters. The van der Waals surface area contributed by atoms with Gasteiger partial charge in [0.1, 0.15) is 17.4 Å². The lowest BCUT2D eigenvalue weighted by Crippen LogP contribution is -2.44. The highest BCUT2D eigenvalue weighted by atomic mass is 32.2. The Bertz CT molecular complexity index is 1970. The number of carbonyl (C=O) groups is 4. The van der Waals surface area contributed by atoms with Crippen molar-refractivity contribution in [3.8, 4) is 0 Å². The fourth-order valence-corrected chi connectivity index (χ4v) is 6.94. The van der Waals surface area contributed by atoms with E-state index in [4.69, 9.17) is 0 Å². The molecule has 2 aromatic heterocycles. The van der Waals surface area contributed by atoms with Crippen LogP contribution in [0.3, 0.4) is 0 Å². The summed E-state index contributed by atoms with van der Waals surface area (Å²) in [6.45, 7) is 6.68. The van der Waals surface area contributed by atoms with E-state index in [2.05, 4.69) is 25.4 Å². The van der Waals surface area contributed by atoms with Crippen LogP contribution in [0, 0.1) is 12.8 Å². The Labute approximate surface area is 265 Å². The van der Waals surface area contributed by atoms with Gasteiger partial charge in [0.05, 0.1) is 17.1 Å². The monoisotopic (exact) mass is 646 g/mol. The number of benzene rings is 2. The highest BCUT2D eigenvalue weighted by molar-refractivity contribution is 7.89. The Balaban J connectivity index is 1.29. The molecule has 240 valence electrons. The topological polar surface area (TPSA) is 189 Å². The van der Waals surface area contributed by atoms with Gasteiger partial charge in [-0.1, -0.05) is 38.1 Å². The van der Waals surface area contributed by atoms with Crippen molar-refractivity contribution in [3.05, 3.63) is 93.9 Å². The van der Waals surface area contributed by atoms with Gasteiger partial charge in [0.2, 0.25) is 10.0 Å². The third-order valence-corrected chi connectivity index (χ3v) is 9.56. The summed E-state index contributed by atoms with van der Waals surface area (Å²) in [6.07, 6.45) is 2.86. The first kappa shape index (κ1) is 32.4. The number of carbonyl (C=O) groups excluding carboxylic acids is 3. The molecule has 0 saturated heterocycles. The first-order chi connectivity index (χ1) is 21.8. The Morgan fingerprint density at radius 1 is 1.04 bits per heavy atom. The summed E-state index contributed by atoms with van der Waals surface area (Å²) in [4.78, 5) is 54.3. The number of sulfonamides is 1. The number of ketones is 1. The zero-order valence-corrected chi connectivity index (χ0v) is 26.5. The number of nitrogens with zero attached hydrogens (tertiary/aromatic N) is 3. The molecule has 5 rings (SSSR count). The van der Waals surface area contributed by atoms with Gasteiger partial charge in [-0.2, -0.15) is 9.82 Å². The molecule has 1 aliphatic rings. The van der Waals surface area contributed by atoms with Crippen molar-refractivity contribution in [1.29, 1.82) is 0 Å². The molecule has 0 spiro atoms. The Morgan fingerprint density at radius 3 is 2.41 bits per heavy atom. The first-order valence-corrected chi connectivity index (χ1v) is 16.2. The molecular formula is C32H34N6O7S. The van der Waals surface area contributed by atoms with E-state index in [1.165, 1.54) is 48.0 Å². The molecule has 0 bridgehead atoms. The molecule has 13 nitrogen and oxygen atoms in total. The predicted molar refractivity (Wildman–Crippen MR) is 167 cm³/mol. The average Bonchev–Trinajstić information content (AvgIpc) is 3.65. The minimum absolute atomic E-state index is 0.00788. The van der Waals surface area contributed by atoms with Crippen molar-refractivity contribution < 1.29 is 32.7 Å². The number of aliphatic carboxylic acids is 1. The molecule has 4 N–H and O–H groups in total. The van der Waals surface area contributed by atoms with E-state index in [1.54, 1.807) is 26.0 Å². The maximum absolute atomic E-state index is 13.5. The highest BCUT2D eigenvalue weighted by Gasteiger charge is 2.29. The number of aromatic nitrogens is 3. The van der Waals surface area contributed by atoms with Crippen molar-refractivity contribution >= 4 is 39.2 Å². The maximum atomic E-state index is 13.5. The van der Waals surface area contributed by atoms with Crippen LogP contribution < -0.4 is 15.4 Å². The van der Waals surface area contributed by atoms with E-state index >= 15 is 0 Å². The van der Waals surface area contributed by atoms with E-state index in [-0.39, 0.29) is 34.7 Å². The van der Waals surface area contributed by atoms with Crippen LogP contribution in [0.25, 0.3) is 5.65 Å². The Hall–Kier alpha value is -4.95. The normalized spacial score (nSPS) is 15.0. The number of rotatable bonds is 11. The Morgan fingerprint density at radius 2 is 1.76 bits per heavy atom. The third kappa shape index (κ3) is 6.53. The quantitative estimate of drug-likeness (QED) is 0.178. The van der Waals surface area contributed by atoms with Crippen LogP contribution in [0.2, 0.25) is 0 Å². The SMILES string of the molecule is CC(=O)c1ccc2c(c1C)CC[C@@H]2NC(=O)c1cc(C(=O)NCc2ccc(S(=O)(=O)N[C@H](C(=O)O)C(C)C)cc2)nc2ccnn12. The molecular weight excluding hydrogens is 612 g/mol. The molecule has 14 heteroatoms. The third-order valence-electron chi connectivity index (χ3n) is 8.10. The van der Waals surface area contributed by atoms with Gasteiger partial charge in [-0.05, 0) is 67.0 Å². The number of nitrogens with one attached hydrogen (secondary N) is 3. The highest BCUT2D eigenvalue weighted by Crippen LogP contribution is 2.35. The number of Topliss-reactive ketones (excluding diaryl/α,β-unsaturated/α-hetero) is 1. The first-order valence-electron chi connectivity index (χ1n) is 14.7. The summed E-state index contributed by atoms with van der Waals surface area (Å²) in [5, 5.41) is 19.3. The minimum Gasteiger partial charge on any atom is -0.480 e. The van der Waals surface area contributed by atoms with Gasteiger partial charge in [-0.15, -0.1) is 0 Å². The number of carboxylic acid groups (broad SMARTS) is 1. The van der Waals surface area contributed by atoms with E-state index in [0.29, 0.717) is 23.2 Å². The van der Waals surface area contributed by atoms with Gasteiger partial charge in [0.15, 0.2) is 11.4 Å². The molecule has 46 heavy (non-hydrogen) atoms. The van der Waals surface area contributed by atoms with Crippen molar-refractivity contribution in [2.24, 2.45) is 5.92 Å². The lowest BCUT2D eigenvalue weighted by molar-refractivity contribution is -0.140. The minimum atomic E-state index is -4.09. The number of fused-ring (bicyclic) bond motifs is 2. The van der Waals surface area contributed by atoms with Crippen LogP contribution in [0.15, 0.2) is 59.6 Å². The molecule has 2 amide bonds. The molecule has 0 radical (unpaired) electrons. The fraction of sp³-hybridized carbons (Fsp3) is 0.312. The van der Waals surface area contributed by atoms with Crippen LogP contribution in [0.1, 0.15) is 86.8 Å². The van der Waals surface area contributed by atoms with Crippen LogP contribution >= 0.6 is 0 Å².